The standard InChI is InChI=1S/C11H22N2S/c1-10-7-12-8-11(10)9-13-3-2-5-14-6-4-13/h10-12H,2-9H2,1H3. The van der Waals surface area contributed by atoms with Gasteiger partial charge in [0.2, 0.25) is 0 Å². The van der Waals surface area contributed by atoms with Gasteiger partial charge in [-0.15, -0.1) is 0 Å². The summed E-state index contributed by atoms with van der Waals surface area (Å²) < 4.78 is 0. The lowest BCUT2D eigenvalue weighted by atomic mass is 9.97. The SMILES string of the molecule is CC1CNCC1CN1CCCSCC1. The predicted octanol–water partition coefficient (Wildman–Crippen LogP) is 1.28. The summed E-state index contributed by atoms with van der Waals surface area (Å²) in [7, 11) is 0. The normalized spacial score (nSPS) is 35.8. The Labute approximate surface area is 91.8 Å². The third kappa shape index (κ3) is 2.88. The van der Waals surface area contributed by atoms with Crippen LogP contribution in [0, 0.1) is 11.8 Å². The number of hydrogen-bond acceptors (Lipinski definition) is 3. The molecule has 14 heavy (non-hydrogen) atoms. The van der Waals surface area contributed by atoms with Gasteiger partial charge in [-0.2, -0.15) is 11.8 Å². The van der Waals surface area contributed by atoms with Crippen LogP contribution in [0.5, 0.6) is 0 Å². The largest absolute Gasteiger partial charge is 0.316 e. The van der Waals surface area contributed by atoms with Crippen LogP contribution in [-0.2, 0) is 0 Å². The van der Waals surface area contributed by atoms with Crippen molar-refractivity contribution in [2.24, 2.45) is 11.8 Å². The van der Waals surface area contributed by atoms with Crippen molar-refractivity contribution in [2.45, 2.75) is 13.3 Å². The molecule has 0 aromatic heterocycles. The molecule has 0 saturated carbocycles. The number of rotatable bonds is 2. The molecule has 0 bridgehead atoms. The molecule has 2 nitrogen and oxygen atoms in total. The molecule has 2 rings (SSSR count). The van der Waals surface area contributed by atoms with Crippen molar-refractivity contribution in [3.05, 3.63) is 0 Å². The van der Waals surface area contributed by atoms with Crippen LogP contribution in [0.3, 0.4) is 0 Å². The van der Waals surface area contributed by atoms with Gasteiger partial charge in [-0.25, -0.2) is 0 Å². The molecule has 2 unspecified atom stereocenters. The molecule has 2 aliphatic rings. The lowest BCUT2D eigenvalue weighted by molar-refractivity contribution is 0.232. The summed E-state index contributed by atoms with van der Waals surface area (Å²) in [5.74, 6) is 4.49. The molecule has 2 atom stereocenters. The first-order valence-electron chi connectivity index (χ1n) is 5.87. The first-order valence-corrected chi connectivity index (χ1v) is 7.02. The maximum Gasteiger partial charge on any atom is 0.00725 e. The van der Waals surface area contributed by atoms with Crippen molar-refractivity contribution in [1.82, 2.24) is 10.2 Å². The Morgan fingerprint density at radius 2 is 2.21 bits per heavy atom. The third-order valence-corrected chi connectivity index (χ3v) is 4.53. The molecule has 3 heteroatoms. The van der Waals surface area contributed by atoms with Gasteiger partial charge in [-0.3, -0.25) is 0 Å². The Hall–Kier alpha value is 0.270. The summed E-state index contributed by atoms with van der Waals surface area (Å²) in [6.07, 6.45) is 1.39. The summed E-state index contributed by atoms with van der Waals surface area (Å²) in [5, 5.41) is 3.50. The molecule has 0 aliphatic carbocycles. The van der Waals surface area contributed by atoms with Gasteiger partial charge in [0.1, 0.15) is 0 Å². The van der Waals surface area contributed by atoms with Gasteiger partial charge in [-0.1, -0.05) is 6.92 Å². The van der Waals surface area contributed by atoms with Gasteiger partial charge in [-0.05, 0) is 43.6 Å². The smallest absolute Gasteiger partial charge is 0.00725 e. The summed E-state index contributed by atoms with van der Waals surface area (Å²) in [4.78, 5) is 2.67. The number of hydrogen-bond donors (Lipinski definition) is 1. The maximum absolute atomic E-state index is 3.50. The molecule has 2 saturated heterocycles. The van der Waals surface area contributed by atoms with Crippen molar-refractivity contribution < 1.29 is 0 Å². The van der Waals surface area contributed by atoms with E-state index in [1.807, 2.05) is 0 Å². The lowest BCUT2D eigenvalue weighted by Gasteiger charge is -2.25. The fourth-order valence-corrected chi connectivity index (χ4v) is 3.35. The second kappa shape index (κ2) is 5.38. The van der Waals surface area contributed by atoms with E-state index in [0.717, 1.165) is 11.8 Å². The van der Waals surface area contributed by atoms with E-state index in [9.17, 15) is 0 Å². The Bertz CT molecular complexity index is 167. The summed E-state index contributed by atoms with van der Waals surface area (Å²) in [6.45, 7) is 8.83. The molecule has 0 aromatic carbocycles. The van der Waals surface area contributed by atoms with E-state index in [4.69, 9.17) is 0 Å². The topological polar surface area (TPSA) is 15.3 Å². The van der Waals surface area contributed by atoms with Gasteiger partial charge in [0, 0.05) is 18.8 Å². The van der Waals surface area contributed by atoms with Gasteiger partial charge >= 0.3 is 0 Å². The van der Waals surface area contributed by atoms with Crippen LogP contribution in [0.2, 0.25) is 0 Å². The molecule has 0 amide bonds. The van der Waals surface area contributed by atoms with Crippen LogP contribution in [0.25, 0.3) is 0 Å². The van der Waals surface area contributed by atoms with E-state index in [1.54, 1.807) is 0 Å². The van der Waals surface area contributed by atoms with E-state index < -0.39 is 0 Å². The van der Waals surface area contributed by atoms with Crippen molar-refractivity contribution in [3.63, 3.8) is 0 Å². The monoisotopic (exact) mass is 214 g/mol. The first kappa shape index (κ1) is 10.8. The Morgan fingerprint density at radius 3 is 3.00 bits per heavy atom. The number of thioether (sulfide) groups is 1. The number of nitrogens with one attached hydrogen (secondary N) is 1. The highest BCUT2D eigenvalue weighted by molar-refractivity contribution is 7.99. The highest BCUT2D eigenvalue weighted by Gasteiger charge is 2.25. The van der Waals surface area contributed by atoms with Crippen LogP contribution in [0.15, 0.2) is 0 Å². The minimum absolute atomic E-state index is 0.880. The van der Waals surface area contributed by atoms with Crippen LogP contribution < -0.4 is 5.32 Å². The lowest BCUT2D eigenvalue weighted by Crippen LogP contribution is -2.34. The van der Waals surface area contributed by atoms with Crippen molar-refractivity contribution in [3.8, 4) is 0 Å². The third-order valence-electron chi connectivity index (χ3n) is 3.49. The van der Waals surface area contributed by atoms with E-state index in [-0.39, 0.29) is 0 Å². The molecule has 2 fully saturated rings. The zero-order valence-electron chi connectivity index (χ0n) is 9.17. The molecule has 0 aromatic rings. The van der Waals surface area contributed by atoms with Crippen LogP contribution in [-0.4, -0.2) is 49.1 Å². The minimum atomic E-state index is 0.880. The highest BCUT2D eigenvalue weighted by Crippen LogP contribution is 2.19. The molecule has 2 aliphatic heterocycles. The molecular weight excluding hydrogens is 192 g/mol. The van der Waals surface area contributed by atoms with Gasteiger partial charge in [0.25, 0.3) is 0 Å². The molecule has 82 valence electrons. The van der Waals surface area contributed by atoms with E-state index in [2.05, 4.69) is 28.9 Å². The van der Waals surface area contributed by atoms with Crippen molar-refractivity contribution >= 4 is 11.8 Å². The predicted molar refractivity (Wildman–Crippen MR) is 63.9 cm³/mol. The quantitative estimate of drug-likeness (QED) is 0.745. The summed E-state index contributed by atoms with van der Waals surface area (Å²) in [5.41, 5.74) is 0. The average molecular weight is 214 g/mol. The molecular formula is C11H22N2S. The molecule has 0 spiro atoms. The van der Waals surface area contributed by atoms with Crippen LogP contribution in [0.4, 0.5) is 0 Å². The molecule has 2 heterocycles. The molecule has 0 radical (unpaired) electrons. The first-order chi connectivity index (χ1) is 6.86. The van der Waals surface area contributed by atoms with E-state index >= 15 is 0 Å². The minimum Gasteiger partial charge on any atom is -0.316 e. The van der Waals surface area contributed by atoms with Gasteiger partial charge in [0.15, 0.2) is 0 Å². The summed E-state index contributed by atoms with van der Waals surface area (Å²) >= 11 is 2.12. The van der Waals surface area contributed by atoms with Gasteiger partial charge in [0.05, 0.1) is 0 Å². The number of nitrogens with zero attached hydrogens (tertiary/aromatic N) is 1. The maximum atomic E-state index is 3.50. The zero-order valence-corrected chi connectivity index (χ0v) is 9.98. The second-order valence-electron chi connectivity index (χ2n) is 4.66. The summed E-state index contributed by atoms with van der Waals surface area (Å²) in [6, 6.07) is 0. The van der Waals surface area contributed by atoms with Crippen molar-refractivity contribution in [1.29, 1.82) is 0 Å². The zero-order chi connectivity index (χ0) is 9.80. The van der Waals surface area contributed by atoms with E-state index in [1.165, 1.54) is 50.7 Å². The fraction of sp³-hybridized carbons (Fsp3) is 1.00. The Kier molecular flexibility index (Phi) is 4.14. The van der Waals surface area contributed by atoms with E-state index in [0.29, 0.717) is 0 Å². The van der Waals surface area contributed by atoms with Crippen LogP contribution in [0.1, 0.15) is 13.3 Å². The second-order valence-corrected chi connectivity index (χ2v) is 5.89. The Morgan fingerprint density at radius 1 is 1.29 bits per heavy atom. The average Bonchev–Trinajstić information content (AvgIpc) is 2.44. The van der Waals surface area contributed by atoms with Crippen LogP contribution >= 0.6 is 11.8 Å². The van der Waals surface area contributed by atoms with Gasteiger partial charge < -0.3 is 10.2 Å². The highest BCUT2D eigenvalue weighted by atomic mass is 32.2. The fourth-order valence-electron chi connectivity index (χ4n) is 2.42. The van der Waals surface area contributed by atoms with Crippen molar-refractivity contribution in [2.75, 3.05) is 44.2 Å². The Balaban J connectivity index is 1.77. The molecule has 1 N–H and O–H groups in total.